The number of unbranched alkanes of at least 4 members (excludes halogenated alkanes) is 27. The minimum absolute atomic E-state index is 0.0322. The number of hydrogen-bond acceptors (Lipinski definition) is 5. The van der Waals surface area contributed by atoms with Crippen molar-refractivity contribution < 1.29 is 24.5 Å². The Kier molecular flexibility index (Phi) is 39.8. The molecule has 0 aromatic rings. The molecule has 0 spiro atoms. The minimum Gasteiger partial charge on any atom is -0.466 e. The van der Waals surface area contributed by atoms with Crippen LogP contribution in [0.3, 0.4) is 0 Å². The van der Waals surface area contributed by atoms with E-state index in [0.717, 1.165) is 83.5 Å². The molecule has 0 saturated carbocycles. The third kappa shape index (κ3) is 37.9. The number of esters is 1. The Morgan fingerprint density at radius 1 is 0.529 bits per heavy atom. The summed E-state index contributed by atoms with van der Waals surface area (Å²) in [4.78, 5) is 24.3. The largest absolute Gasteiger partial charge is 0.466 e. The first-order valence-corrected chi connectivity index (χ1v) is 22.1. The van der Waals surface area contributed by atoms with Gasteiger partial charge < -0.3 is 20.3 Å². The number of carbonyl (C=O) groups is 2. The lowest BCUT2D eigenvalue weighted by Crippen LogP contribution is -2.45. The third-order valence-electron chi connectivity index (χ3n) is 9.97. The second-order valence-electron chi connectivity index (χ2n) is 15.0. The van der Waals surface area contributed by atoms with Gasteiger partial charge in [-0.15, -0.1) is 0 Å². The summed E-state index contributed by atoms with van der Waals surface area (Å²) < 4.78 is 5.42. The highest BCUT2D eigenvalue weighted by molar-refractivity contribution is 5.76. The minimum atomic E-state index is -0.859. The fraction of sp³-hybridized carbons (Fsp3) is 0.867. The van der Waals surface area contributed by atoms with Gasteiger partial charge in [-0.3, -0.25) is 9.59 Å². The van der Waals surface area contributed by atoms with Crippen molar-refractivity contribution in [2.75, 3.05) is 13.2 Å². The molecule has 3 N–H and O–H groups in total. The van der Waals surface area contributed by atoms with E-state index < -0.39 is 12.1 Å². The Bertz CT molecular complexity index is 797. The van der Waals surface area contributed by atoms with Gasteiger partial charge >= 0.3 is 5.97 Å². The fourth-order valence-electron chi connectivity index (χ4n) is 6.51. The van der Waals surface area contributed by atoms with Crippen molar-refractivity contribution in [1.82, 2.24) is 5.32 Å². The van der Waals surface area contributed by atoms with Crippen molar-refractivity contribution in [2.24, 2.45) is 0 Å². The molecule has 2 atom stereocenters. The average Bonchev–Trinajstić information content (AvgIpc) is 3.13. The van der Waals surface area contributed by atoms with Crippen LogP contribution in [0.25, 0.3) is 0 Å². The first kappa shape index (κ1) is 49.3. The summed E-state index contributed by atoms with van der Waals surface area (Å²) in [5, 5.41) is 22.8. The van der Waals surface area contributed by atoms with E-state index >= 15 is 0 Å². The number of hydrogen-bond donors (Lipinski definition) is 3. The summed E-state index contributed by atoms with van der Waals surface area (Å²) in [5.74, 6) is -0.133. The van der Waals surface area contributed by atoms with E-state index in [1.54, 1.807) is 6.08 Å². The van der Waals surface area contributed by atoms with Gasteiger partial charge in [0.1, 0.15) is 0 Å². The van der Waals surface area contributed by atoms with Gasteiger partial charge in [0.25, 0.3) is 0 Å². The van der Waals surface area contributed by atoms with Crippen LogP contribution in [0.4, 0.5) is 0 Å². The number of aliphatic hydroxyl groups excluding tert-OH is 2. The Balaban J connectivity index is 3.53. The maximum Gasteiger partial charge on any atom is 0.305 e. The van der Waals surface area contributed by atoms with Gasteiger partial charge in [0, 0.05) is 12.8 Å². The second-order valence-corrected chi connectivity index (χ2v) is 15.0. The molecule has 0 aromatic heterocycles. The number of amides is 1. The van der Waals surface area contributed by atoms with Crippen LogP contribution in [-0.4, -0.2) is 47.4 Å². The lowest BCUT2D eigenvalue weighted by Gasteiger charge is -2.20. The zero-order chi connectivity index (χ0) is 37.3. The predicted octanol–water partition coefficient (Wildman–Crippen LogP) is 12.4. The maximum absolute atomic E-state index is 12.3. The smallest absolute Gasteiger partial charge is 0.305 e. The lowest BCUT2D eigenvalue weighted by atomic mass is 10.0. The molecule has 0 heterocycles. The average molecular weight is 720 g/mol. The Morgan fingerprint density at radius 3 is 1.39 bits per heavy atom. The number of ether oxygens (including phenoxy) is 1. The lowest BCUT2D eigenvalue weighted by molar-refractivity contribution is -0.143. The van der Waals surface area contributed by atoms with Crippen LogP contribution in [0.1, 0.15) is 226 Å². The van der Waals surface area contributed by atoms with E-state index in [9.17, 15) is 19.8 Å². The first-order chi connectivity index (χ1) is 25.0. The standard InChI is InChI=1S/C45H85NO5/c1-3-5-7-9-11-13-14-15-16-19-23-27-31-35-39-45(50)51-40-36-32-28-24-20-17-18-22-26-30-34-38-44(49)46-42(41-47)43(48)37-33-29-25-21-12-10-8-6-4-2/h20,24,33,37,42-43,47-48H,3-19,21-23,25-32,34-36,38-41H2,1-2H3,(H,46,49)/b24-20-,37-33+. The van der Waals surface area contributed by atoms with Gasteiger partial charge in [-0.05, 0) is 57.8 Å². The molecular weight excluding hydrogens is 634 g/mol. The topological polar surface area (TPSA) is 95.9 Å². The van der Waals surface area contributed by atoms with Gasteiger partial charge in [0.2, 0.25) is 5.91 Å². The van der Waals surface area contributed by atoms with Crippen LogP contribution in [0.15, 0.2) is 24.3 Å². The van der Waals surface area contributed by atoms with Gasteiger partial charge in [0.15, 0.2) is 0 Å². The summed E-state index contributed by atoms with van der Waals surface area (Å²) >= 11 is 0. The highest BCUT2D eigenvalue weighted by atomic mass is 16.5. The first-order valence-electron chi connectivity index (χ1n) is 22.1. The predicted molar refractivity (Wildman–Crippen MR) is 218 cm³/mol. The normalized spacial score (nSPS) is 12.9. The van der Waals surface area contributed by atoms with Crippen LogP contribution in [0.5, 0.6) is 0 Å². The summed E-state index contributed by atoms with van der Waals surface area (Å²) in [6.07, 6.45) is 46.0. The van der Waals surface area contributed by atoms with Crippen molar-refractivity contribution in [3.8, 4) is 0 Å². The van der Waals surface area contributed by atoms with E-state index in [1.807, 2.05) is 6.08 Å². The zero-order valence-corrected chi connectivity index (χ0v) is 33.8. The Hall–Kier alpha value is -1.66. The molecule has 51 heavy (non-hydrogen) atoms. The molecule has 0 aliphatic heterocycles. The SMILES string of the molecule is CCCCCCCCC/C=C/C(O)C(CO)NC(=O)CCCCCCC/C=C\CCCCOC(=O)CCCCCCCCCCCCCCCC. The van der Waals surface area contributed by atoms with Crippen molar-refractivity contribution in [1.29, 1.82) is 0 Å². The number of allylic oxidation sites excluding steroid dienone is 3. The molecule has 0 radical (unpaired) electrons. The molecule has 0 saturated heterocycles. The van der Waals surface area contributed by atoms with E-state index in [4.69, 9.17) is 4.74 Å². The zero-order valence-electron chi connectivity index (χ0n) is 33.8. The third-order valence-corrected chi connectivity index (χ3v) is 9.97. The molecule has 0 aliphatic rings. The van der Waals surface area contributed by atoms with Gasteiger partial charge in [0.05, 0.1) is 25.4 Å². The van der Waals surface area contributed by atoms with Gasteiger partial charge in [-0.25, -0.2) is 0 Å². The summed E-state index contributed by atoms with van der Waals surface area (Å²) in [5.41, 5.74) is 0. The van der Waals surface area contributed by atoms with Gasteiger partial charge in [-0.1, -0.05) is 179 Å². The number of nitrogens with one attached hydrogen (secondary N) is 1. The molecule has 0 bridgehead atoms. The molecule has 0 aromatic carbocycles. The van der Waals surface area contributed by atoms with Gasteiger partial charge in [-0.2, -0.15) is 0 Å². The summed E-state index contributed by atoms with van der Waals surface area (Å²) in [6, 6.07) is -0.645. The monoisotopic (exact) mass is 720 g/mol. The summed E-state index contributed by atoms with van der Waals surface area (Å²) in [6.45, 7) is 4.78. The highest BCUT2D eigenvalue weighted by Crippen LogP contribution is 2.14. The molecule has 0 aliphatic carbocycles. The van der Waals surface area contributed by atoms with Crippen LogP contribution in [0, 0.1) is 0 Å². The van der Waals surface area contributed by atoms with Crippen LogP contribution in [0.2, 0.25) is 0 Å². The van der Waals surface area contributed by atoms with Crippen molar-refractivity contribution >= 4 is 11.9 Å². The molecule has 0 fully saturated rings. The Morgan fingerprint density at radius 2 is 0.922 bits per heavy atom. The van der Waals surface area contributed by atoms with Crippen molar-refractivity contribution in [3.05, 3.63) is 24.3 Å². The molecule has 1 amide bonds. The molecule has 6 heteroatoms. The Labute approximate surface area is 316 Å². The highest BCUT2D eigenvalue weighted by Gasteiger charge is 2.18. The maximum atomic E-state index is 12.3. The molecular formula is C45H85NO5. The number of rotatable bonds is 40. The quantitative estimate of drug-likeness (QED) is 0.0333. The second kappa shape index (κ2) is 41.1. The molecule has 300 valence electrons. The molecule has 6 nitrogen and oxygen atoms in total. The molecule has 0 rings (SSSR count). The van der Waals surface area contributed by atoms with E-state index in [1.165, 1.54) is 116 Å². The van der Waals surface area contributed by atoms with E-state index in [2.05, 4.69) is 31.3 Å². The fourth-order valence-corrected chi connectivity index (χ4v) is 6.51. The molecule has 2 unspecified atom stereocenters. The van der Waals surface area contributed by atoms with Crippen LogP contribution >= 0.6 is 0 Å². The van der Waals surface area contributed by atoms with Crippen molar-refractivity contribution in [3.63, 3.8) is 0 Å². The van der Waals surface area contributed by atoms with E-state index in [0.29, 0.717) is 19.4 Å². The van der Waals surface area contributed by atoms with Crippen molar-refractivity contribution in [2.45, 2.75) is 238 Å². The number of carbonyl (C=O) groups excluding carboxylic acids is 2. The number of aliphatic hydroxyl groups is 2. The van der Waals surface area contributed by atoms with Crippen LogP contribution < -0.4 is 5.32 Å². The summed E-state index contributed by atoms with van der Waals surface area (Å²) in [7, 11) is 0. The van der Waals surface area contributed by atoms with Crippen LogP contribution in [-0.2, 0) is 14.3 Å². The van der Waals surface area contributed by atoms with E-state index in [-0.39, 0.29) is 18.5 Å².